The van der Waals surface area contributed by atoms with Crippen LogP contribution in [0.5, 0.6) is 17.2 Å². The van der Waals surface area contributed by atoms with Crippen LogP contribution < -0.4 is 25.4 Å². The van der Waals surface area contributed by atoms with E-state index in [1.165, 1.54) is 6.20 Å². The van der Waals surface area contributed by atoms with Crippen LogP contribution in [0.3, 0.4) is 0 Å². The van der Waals surface area contributed by atoms with Gasteiger partial charge in [-0.05, 0) is 75.8 Å². The number of nitrogens with zero attached hydrogens (tertiary/aromatic N) is 5. The number of nitrogens with one attached hydrogen (secondary N) is 3. The van der Waals surface area contributed by atoms with Gasteiger partial charge in [0.15, 0.2) is 0 Å². The molecule has 0 unspecified atom stereocenters. The van der Waals surface area contributed by atoms with E-state index in [1.807, 2.05) is 44.4 Å². The van der Waals surface area contributed by atoms with E-state index in [0.717, 1.165) is 37.1 Å². The summed E-state index contributed by atoms with van der Waals surface area (Å²) in [5.41, 5.74) is 1.90. The van der Waals surface area contributed by atoms with Gasteiger partial charge in [-0.25, -0.2) is 19.3 Å². The molecule has 4 aromatic rings. The lowest BCUT2D eigenvalue weighted by atomic mass is 10.2. The van der Waals surface area contributed by atoms with Crippen LogP contribution in [0.1, 0.15) is 31.9 Å². The number of anilines is 3. The van der Waals surface area contributed by atoms with Crippen molar-refractivity contribution in [1.29, 1.82) is 0 Å². The Bertz CT molecular complexity index is 1710. The molecule has 47 heavy (non-hydrogen) atoms. The second-order valence-corrected chi connectivity index (χ2v) is 12.1. The Kier molecular flexibility index (Phi) is 11.1. The molecule has 1 aliphatic rings. The van der Waals surface area contributed by atoms with E-state index in [0.29, 0.717) is 42.3 Å². The molecule has 0 radical (unpaired) electrons. The number of methoxy groups -OCH3 is 1. The average Bonchev–Trinajstić information content (AvgIpc) is 3.72. The van der Waals surface area contributed by atoms with Gasteiger partial charge in [0.1, 0.15) is 33.9 Å². The number of urea groups is 2. The first kappa shape index (κ1) is 33.8. The lowest BCUT2D eigenvalue weighted by molar-refractivity contribution is 0.216. The van der Waals surface area contributed by atoms with E-state index < -0.39 is 6.03 Å². The molecule has 14 heteroatoms. The van der Waals surface area contributed by atoms with Crippen molar-refractivity contribution in [2.24, 2.45) is 0 Å². The van der Waals surface area contributed by atoms with Gasteiger partial charge in [-0.3, -0.25) is 10.6 Å². The molecule has 0 bridgehead atoms. The SMILES string of the molecule is CCCCc1cc(NC(=O)Nc2ccc(Oc3ccnc(NC(=O)N4CC[C@H](N(C)C)C4)c3)c(Cl)c2Cl)n(-c2ccc(OC)cc2)n1. The molecule has 0 spiro atoms. The highest BCUT2D eigenvalue weighted by atomic mass is 35.5. The molecular weight excluding hydrogens is 643 g/mol. The second-order valence-electron chi connectivity index (χ2n) is 11.3. The predicted molar refractivity (Wildman–Crippen MR) is 185 cm³/mol. The Hall–Kier alpha value is -4.52. The summed E-state index contributed by atoms with van der Waals surface area (Å²) in [7, 11) is 5.62. The van der Waals surface area contributed by atoms with Gasteiger partial charge in [-0.2, -0.15) is 5.10 Å². The largest absolute Gasteiger partial charge is 0.497 e. The number of carbonyl (C=O) groups is 2. The topological polar surface area (TPSA) is 126 Å². The van der Waals surface area contributed by atoms with E-state index in [9.17, 15) is 9.59 Å². The van der Waals surface area contributed by atoms with Crippen LogP contribution in [0, 0.1) is 0 Å². The highest BCUT2D eigenvalue weighted by Crippen LogP contribution is 2.40. The molecule has 0 aliphatic carbocycles. The van der Waals surface area contributed by atoms with Crippen molar-refractivity contribution in [3.05, 3.63) is 76.5 Å². The second kappa shape index (κ2) is 15.4. The van der Waals surface area contributed by atoms with Gasteiger partial charge in [-0.15, -0.1) is 0 Å². The number of likely N-dealkylation sites (tertiary alicyclic amines) is 1. The molecule has 1 aliphatic heterocycles. The first-order valence-electron chi connectivity index (χ1n) is 15.3. The normalized spacial score (nSPS) is 14.3. The number of aromatic nitrogens is 3. The predicted octanol–water partition coefficient (Wildman–Crippen LogP) is 7.53. The van der Waals surface area contributed by atoms with Crippen molar-refractivity contribution in [2.75, 3.05) is 50.2 Å². The fourth-order valence-corrected chi connectivity index (χ4v) is 5.51. The minimum Gasteiger partial charge on any atom is -0.497 e. The van der Waals surface area contributed by atoms with Gasteiger partial charge in [0, 0.05) is 37.5 Å². The number of halogens is 2. The van der Waals surface area contributed by atoms with E-state index in [1.54, 1.807) is 41.0 Å². The summed E-state index contributed by atoms with van der Waals surface area (Å²) in [6.07, 6.45) is 5.21. The van der Waals surface area contributed by atoms with Gasteiger partial charge < -0.3 is 24.6 Å². The van der Waals surface area contributed by atoms with Crippen molar-refractivity contribution >= 4 is 52.6 Å². The van der Waals surface area contributed by atoms with E-state index in [4.69, 9.17) is 37.8 Å². The summed E-state index contributed by atoms with van der Waals surface area (Å²) in [4.78, 5) is 34.0. The van der Waals surface area contributed by atoms with Crippen molar-refractivity contribution in [3.8, 4) is 22.9 Å². The molecule has 4 amide bonds. The molecule has 248 valence electrons. The highest BCUT2D eigenvalue weighted by Gasteiger charge is 2.27. The average molecular weight is 682 g/mol. The van der Waals surface area contributed by atoms with Crippen molar-refractivity contribution in [2.45, 2.75) is 38.6 Å². The molecular formula is C33H38Cl2N8O4. The lowest BCUT2D eigenvalue weighted by Gasteiger charge is -2.20. The van der Waals surface area contributed by atoms with Crippen LogP contribution in [-0.2, 0) is 6.42 Å². The molecule has 0 saturated carbocycles. The highest BCUT2D eigenvalue weighted by molar-refractivity contribution is 6.45. The zero-order valence-electron chi connectivity index (χ0n) is 26.7. The van der Waals surface area contributed by atoms with Crippen molar-refractivity contribution in [3.63, 3.8) is 0 Å². The van der Waals surface area contributed by atoms with Crippen LogP contribution in [0.4, 0.5) is 26.9 Å². The Morgan fingerprint density at radius 3 is 2.49 bits per heavy atom. The fourth-order valence-electron chi connectivity index (χ4n) is 5.10. The van der Waals surface area contributed by atoms with Gasteiger partial charge in [0.25, 0.3) is 0 Å². The molecule has 1 fully saturated rings. The van der Waals surface area contributed by atoms with Crippen LogP contribution in [-0.4, -0.2) is 77.0 Å². The Labute approximate surface area is 283 Å². The number of amides is 4. The van der Waals surface area contributed by atoms with Crippen LogP contribution in [0.2, 0.25) is 10.0 Å². The smallest absolute Gasteiger partial charge is 0.324 e. The molecule has 5 rings (SSSR count). The minimum atomic E-state index is -0.530. The zero-order chi connectivity index (χ0) is 33.5. The number of likely N-dealkylation sites (N-methyl/N-ethyl adjacent to an activating group) is 1. The van der Waals surface area contributed by atoms with Gasteiger partial charge >= 0.3 is 12.1 Å². The first-order chi connectivity index (χ1) is 22.6. The number of aryl methyl sites for hydroxylation is 1. The third-order valence-electron chi connectivity index (χ3n) is 7.78. The summed E-state index contributed by atoms with van der Waals surface area (Å²) in [6, 6.07) is 15.2. The number of pyridine rings is 1. The number of benzene rings is 2. The molecule has 2 aromatic heterocycles. The van der Waals surface area contributed by atoms with Crippen LogP contribution in [0.15, 0.2) is 60.8 Å². The molecule has 2 aromatic carbocycles. The number of unbranched alkanes of at least 4 members (excludes halogenated alkanes) is 1. The Morgan fingerprint density at radius 1 is 1.00 bits per heavy atom. The minimum absolute atomic E-state index is 0.0960. The number of rotatable bonds is 11. The maximum atomic E-state index is 13.1. The van der Waals surface area contributed by atoms with Gasteiger partial charge in [0.05, 0.1) is 29.2 Å². The first-order valence-corrected chi connectivity index (χ1v) is 16.1. The van der Waals surface area contributed by atoms with Crippen molar-refractivity contribution in [1.82, 2.24) is 24.6 Å². The molecule has 1 atom stereocenters. The fraction of sp³-hybridized carbons (Fsp3) is 0.333. The number of carbonyl (C=O) groups excluding carboxylic acids is 2. The van der Waals surface area contributed by atoms with Gasteiger partial charge in [0.2, 0.25) is 0 Å². The maximum Gasteiger partial charge on any atom is 0.324 e. The van der Waals surface area contributed by atoms with Crippen LogP contribution >= 0.6 is 23.2 Å². The lowest BCUT2D eigenvalue weighted by Crippen LogP contribution is -2.36. The summed E-state index contributed by atoms with van der Waals surface area (Å²) in [6.45, 7) is 3.43. The van der Waals surface area contributed by atoms with E-state index in [2.05, 4.69) is 32.8 Å². The quantitative estimate of drug-likeness (QED) is 0.149. The molecule has 3 N–H and O–H groups in total. The Balaban J connectivity index is 1.25. The van der Waals surface area contributed by atoms with Crippen molar-refractivity contribution < 1.29 is 19.1 Å². The zero-order valence-corrected chi connectivity index (χ0v) is 28.2. The third-order valence-corrected chi connectivity index (χ3v) is 8.64. The summed E-state index contributed by atoms with van der Waals surface area (Å²) in [5, 5.41) is 13.4. The molecule has 12 nitrogen and oxygen atoms in total. The summed E-state index contributed by atoms with van der Waals surface area (Å²) >= 11 is 13.1. The third kappa shape index (κ3) is 8.45. The number of ether oxygens (including phenoxy) is 2. The monoisotopic (exact) mass is 680 g/mol. The molecule has 3 heterocycles. The standard InChI is InChI=1S/C33H38Cl2N8O4/c1-5-6-7-21-18-29(43(40-21)22-8-10-24(46-4)11-9-22)39-32(44)37-26-12-13-27(31(35)30(26)34)47-25-14-16-36-28(19-25)38-33(45)42-17-15-23(20-42)41(2)3/h8-14,16,18-19,23H,5-7,15,17,20H2,1-4H3,(H,36,38,45)(H2,37,39,44)/t23-/m0/s1. The summed E-state index contributed by atoms with van der Waals surface area (Å²) < 4.78 is 12.9. The Morgan fingerprint density at radius 2 is 1.79 bits per heavy atom. The molecule has 1 saturated heterocycles. The van der Waals surface area contributed by atoms with E-state index >= 15 is 0 Å². The van der Waals surface area contributed by atoms with Crippen LogP contribution in [0.25, 0.3) is 5.69 Å². The number of hydrogen-bond acceptors (Lipinski definition) is 7. The number of hydrogen-bond donors (Lipinski definition) is 3. The summed E-state index contributed by atoms with van der Waals surface area (Å²) in [5.74, 6) is 2.20. The van der Waals surface area contributed by atoms with E-state index in [-0.39, 0.29) is 27.5 Å². The van der Waals surface area contributed by atoms with Gasteiger partial charge in [-0.1, -0.05) is 36.5 Å². The maximum absolute atomic E-state index is 13.1.